The van der Waals surface area contributed by atoms with Crippen LogP contribution in [0.15, 0.2) is 66.7 Å². The van der Waals surface area contributed by atoms with Crippen molar-refractivity contribution in [3.63, 3.8) is 0 Å². The first-order valence-electron chi connectivity index (χ1n) is 15.8. The molecular formula is C36H49N3O5. The van der Waals surface area contributed by atoms with Gasteiger partial charge in [-0.2, -0.15) is 0 Å². The summed E-state index contributed by atoms with van der Waals surface area (Å²) in [6.45, 7) is 11.6. The Morgan fingerprint density at radius 3 is 2.20 bits per heavy atom. The third-order valence-corrected chi connectivity index (χ3v) is 7.29. The number of unbranched alkanes of at least 4 members (excludes halogenated alkanes) is 4. The molecule has 0 bridgehead atoms. The summed E-state index contributed by atoms with van der Waals surface area (Å²) in [5, 5.41) is 18.7. The molecule has 3 aromatic rings. The highest BCUT2D eigenvalue weighted by atomic mass is 16.6. The minimum absolute atomic E-state index is 0.0697. The molecule has 8 heteroatoms. The Balaban J connectivity index is 2.03. The van der Waals surface area contributed by atoms with E-state index in [0.29, 0.717) is 24.1 Å². The first-order valence-corrected chi connectivity index (χ1v) is 15.8. The summed E-state index contributed by atoms with van der Waals surface area (Å²) in [4.78, 5) is 43.0. The minimum atomic E-state index is -1.14. The number of phenols is 1. The monoisotopic (exact) mass is 603 g/mol. The molecule has 0 fully saturated rings. The zero-order chi connectivity index (χ0) is 32.3. The number of rotatable bonds is 14. The number of hydrogen-bond donors (Lipinski definition) is 3. The van der Waals surface area contributed by atoms with Crippen molar-refractivity contribution < 1.29 is 24.2 Å². The number of hydrogen-bond acceptors (Lipinski definition) is 5. The molecule has 0 aromatic heterocycles. The topological polar surface area (TPSA) is 108 Å². The molecule has 0 saturated heterocycles. The van der Waals surface area contributed by atoms with Gasteiger partial charge in [0.2, 0.25) is 5.91 Å². The first-order chi connectivity index (χ1) is 20.9. The van der Waals surface area contributed by atoms with E-state index in [1.54, 1.807) is 39.0 Å². The predicted molar refractivity (Wildman–Crippen MR) is 177 cm³/mol. The molecule has 0 saturated carbocycles. The number of anilines is 1. The van der Waals surface area contributed by atoms with Gasteiger partial charge >= 0.3 is 6.09 Å². The molecule has 44 heavy (non-hydrogen) atoms. The fourth-order valence-corrected chi connectivity index (χ4v) is 5.24. The highest BCUT2D eigenvalue weighted by Gasteiger charge is 2.37. The van der Waals surface area contributed by atoms with Gasteiger partial charge in [-0.3, -0.25) is 9.59 Å². The van der Waals surface area contributed by atoms with Crippen molar-refractivity contribution in [2.24, 2.45) is 5.92 Å². The zero-order valence-electron chi connectivity index (χ0n) is 27.1. The second kappa shape index (κ2) is 16.1. The Bertz CT molecular complexity index is 1400. The average molecular weight is 604 g/mol. The van der Waals surface area contributed by atoms with Crippen LogP contribution in [0.3, 0.4) is 0 Å². The summed E-state index contributed by atoms with van der Waals surface area (Å²) in [5.41, 5.74) is 0.149. The molecule has 3 aromatic carbocycles. The maximum atomic E-state index is 14.5. The van der Waals surface area contributed by atoms with Gasteiger partial charge in [0.15, 0.2) is 0 Å². The molecule has 8 nitrogen and oxygen atoms in total. The molecule has 2 atom stereocenters. The molecule has 0 aliphatic carbocycles. The lowest BCUT2D eigenvalue weighted by Gasteiger charge is -2.35. The number of benzene rings is 3. The molecule has 2 unspecified atom stereocenters. The van der Waals surface area contributed by atoms with E-state index in [4.69, 9.17) is 4.74 Å². The molecule has 3 rings (SSSR count). The van der Waals surface area contributed by atoms with E-state index < -0.39 is 35.6 Å². The van der Waals surface area contributed by atoms with Crippen LogP contribution in [-0.2, 0) is 14.3 Å². The molecular weight excluding hydrogens is 554 g/mol. The van der Waals surface area contributed by atoms with Gasteiger partial charge in [0.25, 0.3) is 5.91 Å². The second-order valence-electron chi connectivity index (χ2n) is 12.8. The maximum Gasteiger partial charge on any atom is 0.408 e. The van der Waals surface area contributed by atoms with E-state index in [0.717, 1.165) is 36.5 Å². The Morgan fingerprint density at radius 2 is 1.55 bits per heavy atom. The first kappa shape index (κ1) is 34.4. The Hall–Kier alpha value is -4.07. The zero-order valence-corrected chi connectivity index (χ0v) is 27.1. The summed E-state index contributed by atoms with van der Waals surface area (Å²) < 4.78 is 5.49. The Kier molecular flexibility index (Phi) is 12.6. The van der Waals surface area contributed by atoms with E-state index in [1.165, 1.54) is 11.0 Å². The van der Waals surface area contributed by atoms with Gasteiger partial charge in [0.1, 0.15) is 23.4 Å². The van der Waals surface area contributed by atoms with E-state index in [2.05, 4.69) is 17.6 Å². The van der Waals surface area contributed by atoms with Crippen LogP contribution in [0.25, 0.3) is 10.8 Å². The lowest BCUT2D eigenvalue weighted by atomic mass is 9.98. The van der Waals surface area contributed by atoms with Crippen molar-refractivity contribution in [2.75, 3.05) is 11.9 Å². The number of phenolic OH excluding ortho intramolecular Hbond substituents is 1. The van der Waals surface area contributed by atoms with Gasteiger partial charge in [-0.25, -0.2) is 4.79 Å². The number of fused-ring (bicyclic) bond motifs is 1. The highest BCUT2D eigenvalue weighted by Crippen LogP contribution is 2.32. The van der Waals surface area contributed by atoms with Crippen LogP contribution in [0, 0.1) is 5.92 Å². The van der Waals surface area contributed by atoms with Gasteiger partial charge in [-0.1, -0.05) is 95.0 Å². The second-order valence-corrected chi connectivity index (χ2v) is 12.8. The fourth-order valence-electron chi connectivity index (χ4n) is 5.24. The standard InChI is InChI=1S/C36H49N3O5/c1-7-8-9-10-15-22-39(34(42)30(23-25(2)3)38-35(43)44-36(4,5)6)32(29-18-13-14-19-31(29)40)33(41)37-28-21-20-26-16-11-12-17-27(26)24-28/h11-14,16-21,24-25,30,32,40H,7-10,15,22-23H2,1-6H3,(H,37,41)(H,38,43). The molecule has 238 valence electrons. The predicted octanol–water partition coefficient (Wildman–Crippen LogP) is 7.96. The Labute approximate surface area is 262 Å². The van der Waals surface area contributed by atoms with Crippen LogP contribution in [0.5, 0.6) is 5.75 Å². The number of carbonyl (C=O) groups excluding carboxylic acids is 3. The van der Waals surface area contributed by atoms with Crippen molar-refractivity contribution in [1.82, 2.24) is 10.2 Å². The fraction of sp³-hybridized carbons (Fsp3) is 0.472. The minimum Gasteiger partial charge on any atom is -0.508 e. The largest absolute Gasteiger partial charge is 0.508 e. The van der Waals surface area contributed by atoms with Crippen LogP contribution in [0.4, 0.5) is 10.5 Å². The van der Waals surface area contributed by atoms with E-state index in [1.807, 2.05) is 56.3 Å². The SMILES string of the molecule is CCCCCCCN(C(=O)C(CC(C)C)NC(=O)OC(C)(C)C)C(C(=O)Nc1ccc2ccccc2c1)c1ccccc1O. The van der Waals surface area contributed by atoms with Gasteiger partial charge in [-0.05, 0) is 68.5 Å². The molecule has 0 aliphatic rings. The lowest BCUT2D eigenvalue weighted by molar-refractivity contribution is -0.141. The number of amides is 3. The van der Waals surface area contributed by atoms with Gasteiger partial charge in [0.05, 0.1) is 0 Å². The molecule has 3 N–H and O–H groups in total. The molecule has 0 spiro atoms. The van der Waals surface area contributed by atoms with Crippen LogP contribution in [0.1, 0.15) is 91.7 Å². The van der Waals surface area contributed by atoms with Crippen molar-refractivity contribution in [2.45, 2.75) is 97.8 Å². The van der Waals surface area contributed by atoms with Gasteiger partial charge in [0, 0.05) is 17.8 Å². The quantitative estimate of drug-likeness (QED) is 0.162. The van der Waals surface area contributed by atoms with Crippen LogP contribution >= 0.6 is 0 Å². The number of nitrogens with one attached hydrogen (secondary N) is 2. The number of aromatic hydroxyl groups is 1. The summed E-state index contributed by atoms with van der Waals surface area (Å²) in [6, 6.07) is 18.0. The molecule has 0 radical (unpaired) electrons. The van der Waals surface area contributed by atoms with E-state index >= 15 is 0 Å². The third-order valence-electron chi connectivity index (χ3n) is 7.29. The number of carbonyl (C=O) groups is 3. The van der Waals surface area contributed by atoms with Crippen LogP contribution in [-0.4, -0.2) is 46.1 Å². The summed E-state index contributed by atoms with van der Waals surface area (Å²) in [7, 11) is 0. The van der Waals surface area contributed by atoms with Crippen LogP contribution < -0.4 is 10.6 Å². The van der Waals surface area contributed by atoms with Gasteiger partial charge < -0.3 is 25.4 Å². The average Bonchev–Trinajstić information content (AvgIpc) is 2.95. The summed E-state index contributed by atoms with van der Waals surface area (Å²) in [6.07, 6.45) is 4.37. The van der Waals surface area contributed by atoms with E-state index in [-0.39, 0.29) is 18.2 Å². The molecule has 0 heterocycles. The third kappa shape index (κ3) is 10.3. The number of alkyl carbamates (subject to hydrolysis) is 1. The van der Waals surface area contributed by atoms with Gasteiger partial charge in [-0.15, -0.1) is 0 Å². The smallest absolute Gasteiger partial charge is 0.408 e. The summed E-state index contributed by atoms with van der Waals surface area (Å²) in [5.74, 6) is -0.873. The molecule has 0 aliphatic heterocycles. The maximum absolute atomic E-state index is 14.5. The normalized spacial score (nSPS) is 12.9. The highest BCUT2D eigenvalue weighted by molar-refractivity contribution is 6.00. The van der Waals surface area contributed by atoms with Crippen molar-refractivity contribution >= 4 is 34.4 Å². The van der Waals surface area contributed by atoms with Crippen molar-refractivity contribution in [3.8, 4) is 5.75 Å². The Morgan fingerprint density at radius 1 is 0.886 bits per heavy atom. The van der Waals surface area contributed by atoms with E-state index in [9.17, 15) is 19.5 Å². The number of nitrogens with zero attached hydrogens (tertiary/aromatic N) is 1. The number of para-hydroxylation sites is 1. The van der Waals surface area contributed by atoms with Crippen LogP contribution in [0.2, 0.25) is 0 Å². The van der Waals surface area contributed by atoms with Crippen molar-refractivity contribution in [1.29, 1.82) is 0 Å². The van der Waals surface area contributed by atoms with Crippen molar-refractivity contribution in [3.05, 3.63) is 72.3 Å². The molecule has 3 amide bonds. The summed E-state index contributed by atoms with van der Waals surface area (Å²) >= 11 is 0. The number of ether oxygens (including phenoxy) is 1. The lowest BCUT2D eigenvalue weighted by Crippen LogP contribution is -2.53.